The fourth-order valence-corrected chi connectivity index (χ4v) is 2.17. The molecule has 0 spiro atoms. The molecule has 0 bridgehead atoms. The Morgan fingerprint density at radius 1 is 1.05 bits per heavy atom. The van der Waals surface area contributed by atoms with E-state index in [1.165, 1.54) is 17.7 Å². The smallest absolute Gasteiger partial charge is 0.221 e. The lowest BCUT2D eigenvalue weighted by molar-refractivity contribution is -0.120. The second-order valence-electron chi connectivity index (χ2n) is 5.22. The third-order valence-corrected chi connectivity index (χ3v) is 3.46. The monoisotopic (exact) mass is 300 g/mol. The van der Waals surface area contributed by atoms with Crippen LogP contribution in [0.4, 0.5) is 10.1 Å². The number of benzene rings is 2. The van der Waals surface area contributed by atoms with Gasteiger partial charge in [-0.3, -0.25) is 4.79 Å². The number of nitrogens with one attached hydrogen (secondary N) is 2. The lowest BCUT2D eigenvalue weighted by Gasteiger charge is -2.09. The van der Waals surface area contributed by atoms with Crippen LogP contribution in [0.2, 0.25) is 0 Å². The molecule has 2 aromatic carbocycles. The highest BCUT2D eigenvalue weighted by molar-refractivity contribution is 5.76. The van der Waals surface area contributed by atoms with Gasteiger partial charge < -0.3 is 10.6 Å². The zero-order valence-corrected chi connectivity index (χ0v) is 12.7. The van der Waals surface area contributed by atoms with Crippen LogP contribution in [0.5, 0.6) is 0 Å². The topological polar surface area (TPSA) is 41.1 Å². The fourth-order valence-electron chi connectivity index (χ4n) is 2.17. The molecule has 0 fully saturated rings. The Hall–Kier alpha value is -2.36. The van der Waals surface area contributed by atoms with Crippen LogP contribution < -0.4 is 10.6 Å². The van der Waals surface area contributed by atoms with Crippen LogP contribution >= 0.6 is 0 Å². The van der Waals surface area contributed by atoms with E-state index >= 15 is 0 Å². The Kier molecular flexibility index (Phi) is 5.95. The van der Waals surface area contributed by atoms with Crippen molar-refractivity contribution in [3.05, 3.63) is 65.5 Å². The number of amides is 1. The Morgan fingerprint density at radius 3 is 2.50 bits per heavy atom. The summed E-state index contributed by atoms with van der Waals surface area (Å²) in [7, 11) is 0. The first-order chi connectivity index (χ1) is 10.6. The van der Waals surface area contributed by atoms with Crippen molar-refractivity contribution in [3.63, 3.8) is 0 Å². The lowest BCUT2D eigenvalue weighted by atomic mass is 10.1. The van der Waals surface area contributed by atoms with E-state index in [1.807, 2.05) is 31.2 Å². The molecular weight excluding hydrogens is 279 g/mol. The number of carbonyl (C=O) groups excluding carboxylic acids is 1. The summed E-state index contributed by atoms with van der Waals surface area (Å²) in [5, 5.41) is 6.13. The number of hydrogen-bond donors (Lipinski definition) is 2. The number of anilines is 1. The molecule has 0 radical (unpaired) electrons. The molecule has 0 aliphatic carbocycles. The van der Waals surface area contributed by atoms with Crippen LogP contribution in [-0.4, -0.2) is 19.0 Å². The van der Waals surface area contributed by atoms with E-state index in [0.29, 0.717) is 25.9 Å². The van der Waals surface area contributed by atoms with Gasteiger partial charge in [-0.2, -0.15) is 0 Å². The van der Waals surface area contributed by atoms with Gasteiger partial charge in [0.15, 0.2) is 0 Å². The van der Waals surface area contributed by atoms with Gasteiger partial charge in [0.05, 0.1) is 0 Å². The molecule has 2 N–H and O–H groups in total. The molecule has 3 nitrogen and oxygen atoms in total. The third kappa shape index (κ3) is 5.20. The van der Waals surface area contributed by atoms with E-state index in [9.17, 15) is 9.18 Å². The summed E-state index contributed by atoms with van der Waals surface area (Å²) in [5.41, 5.74) is 3.24. The Morgan fingerprint density at radius 2 is 1.77 bits per heavy atom. The second-order valence-corrected chi connectivity index (χ2v) is 5.22. The predicted octanol–water partition coefficient (Wildman–Crippen LogP) is 3.30. The van der Waals surface area contributed by atoms with Crippen molar-refractivity contribution in [3.8, 4) is 0 Å². The van der Waals surface area contributed by atoms with Gasteiger partial charge in [0.1, 0.15) is 5.82 Å². The van der Waals surface area contributed by atoms with E-state index < -0.39 is 0 Å². The maximum atomic E-state index is 12.8. The van der Waals surface area contributed by atoms with Crippen molar-refractivity contribution in [2.45, 2.75) is 19.8 Å². The van der Waals surface area contributed by atoms with Gasteiger partial charge in [0, 0.05) is 25.2 Å². The molecule has 0 atom stereocenters. The van der Waals surface area contributed by atoms with Gasteiger partial charge in [-0.25, -0.2) is 4.39 Å². The van der Waals surface area contributed by atoms with E-state index in [4.69, 9.17) is 0 Å². The number of carbonyl (C=O) groups is 1. The van der Waals surface area contributed by atoms with Crippen LogP contribution in [0, 0.1) is 12.7 Å². The molecule has 0 saturated heterocycles. The average Bonchev–Trinajstić information content (AvgIpc) is 2.51. The summed E-state index contributed by atoms with van der Waals surface area (Å²) in [6.07, 6.45) is 1.13. The van der Waals surface area contributed by atoms with E-state index in [-0.39, 0.29) is 11.7 Å². The largest absolute Gasteiger partial charge is 0.384 e. The first-order valence-electron chi connectivity index (χ1n) is 7.46. The molecule has 0 heterocycles. The minimum Gasteiger partial charge on any atom is -0.384 e. The van der Waals surface area contributed by atoms with Crippen molar-refractivity contribution < 1.29 is 9.18 Å². The van der Waals surface area contributed by atoms with Crippen LogP contribution in [-0.2, 0) is 11.2 Å². The summed E-state index contributed by atoms with van der Waals surface area (Å²) < 4.78 is 12.8. The normalized spacial score (nSPS) is 10.3. The number of hydrogen-bond acceptors (Lipinski definition) is 2. The quantitative estimate of drug-likeness (QED) is 0.824. The van der Waals surface area contributed by atoms with Crippen molar-refractivity contribution >= 4 is 11.6 Å². The van der Waals surface area contributed by atoms with Crippen LogP contribution in [0.3, 0.4) is 0 Å². The highest BCUT2D eigenvalue weighted by atomic mass is 19.1. The van der Waals surface area contributed by atoms with Crippen molar-refractivity contribution in [2.75, 3.05) is 18.4 Å². The second kappa shape index (κ2) is 8.17. The summed E-state index contributed by atoms with van der Waals surface area (Å²) >= 11 is 0. The van der Waals surface area contributed by atoms with Crippen molar-refractivity contribution in [2.24, 2.45) is 0 Å². The Balaban J connectivity index is 1.64. The molecule has 4 heteroatoms. The third-order valence-electron chi connectivity index (χ3n) is 3.46. The van der Waals surface area contributed by atoms with Gasteiger partial charge in [-0.15, -0.1) is 0 Å². The molecule has 116 valence electrons. The standard InChI is InChI=1S/C18H21FN2O/c1-14-4-2-3-5-17(14)20-13-11-18(22)21-12-10-15-6-8-16(19)9-7-15/h2-9,20H,10-13H2,1H3,(H,21,22). The fraction of sp³-hybridized carbons (Fsp3) is 0.278. The van der Waals surface area contributed by atoms with Crippen LogP contribution in [0.1, 0.15) is 17.5 Å². The summed E-state index contributed by atoms with van der Waals surface area (Å²) in [5.74, 6) is -0.224. The minimum atomic E-state index is -0.241. The van der Waals surface area contributed by atoms with E-state index in [2.05, 4.69) is 10.6 Å². The van der Waals surface area contributed by atoms with Gasteiger partial charge >= 0.3 is 0 Å². The Bertz CT molecular complexity index is 611. The number of rotatable bonds is 7. The Labute approximate surface area is 130 Å². The zero-order chi connectivity index (χ0) is 15.8. The van der Waals surface area contributed by atoms with Gasteiger partial charge in [-0.1, -0.05) is 30.3 Å². The maximum absolute atomic E-state index is 12.8. The molecular formula is C18H21FN2O. The van der Waals surface area contributed by atoms with Gasteiger partial charge in [0.25, 0.3) is 0 Å². The molecule has 1 amide bonds. The van der Waals surface area contributed by atoms with E-state index in [0.717, 1.165) is 11.3 Å². The molecule has 0 aliphatic rings. The van der Waals surface area contributed by atoms with Crippen LogP contribution in [0.15, 0.2) is 48.5 Å². The molecule has 2 aromatic rings. The molecule has 22 heavy (non-hydrogen) atoms. The summed E-state index contributed by atoms with van der Waals surface area (Å²) in [6.45, 7) is 3.20. The minimum absolute atomic E-state index is 0.0168. The zero-order valence-electron chi connectivity index (χ0n) is 12.7. The maximum Gasteiger partial charge on any atom is 0.221 e. The average molecular weight is 300 g/mol. The van der Waals surface area contributed by atoms with E-state index in [1.54, 1.807) is 12.1 Å². The van der Waals surface area contributed by atoms with Crippen LogP contribution in [0.25, 0.3) is 0 Å². The highest BCUT2D eigenvalue weighted by Gasteiger charge is 2.02. The lowest BCUT2D eigenvalue weighted by Crippen LogP contribution is -2.27. The van der Waals surface area contributed by atoms with Gasteiger partial charge in [0.2, 0.25) is 5.91 Å². The van der Waals surface area contributed by atoms with Gasteiger partial charge in [-0.05, 0) is 42.7 Å². The number of halogens is 1. The number of aryl methyl sites for hydroxylation is 1. The molecule has 0 unspecified atom stereocenters. The molecule has 0 saturated carbocycles. The molecule has 0 aliphatic heterocycles. The SMILES string of the molecule is Cc1ccccc1NCCC(=O)NCCc1ccc(F)cc1. The first-order valence-corrected chi connectivity index (χ1v) is 7.46. The summed E-state index contributed by atoms with van der Waals surface area (Å²) in [4.78, 5) is 11.8. The summed E-state index contributed by atoms with van der Waals surface area (Å²) in [6, 6.07) is 14.3. The van der Waals surface area contributed by atoms with Crippen molar-refractivity contribution in [1.29, 1.82) is 0 Å². The number of para-hydroxylation sites is 1. The first kappa shape index (κ1) is 16.0. The predicted molar refractivity (Wildman–Crippen MR) is 87.4 cm³/mol. The van der Waals surface area contributed by atoms with Crippen molar-refractivity contribution in [1.82, 2.24) is 5.32 Å². The highest BCUT2D eigenvalue weighted by Crippen LogP contribution is 2.12. The molecule has 0 aromatic heterocycles. The molecule has 2 rings (SSSR count).